The minimum absolute atomic E-state index is 0.527. The highest BCUT2D eigenvalue weighted by molar-refractivity contribution is 7.10. The topological polar surface area (TPSA) is 12.0 Å². The summed E-state index contributed by atoms with van der Waals surface area (Å²) in [6.07, 6.45) is 10.3. The number of hydrogen-bond donors (Lipinski definition) is 1. The van der Waals surface area contributed by atoms with E-state index in [4.69, 9.17) is 0 Å². The van der Waals surface area contributed by atoms with E-state index in [0.29, 0.717) is 6.04 Å². The van der Waals surface area contributed by atoms with Crippen LogP contribution in [0.4, 0.5) is 0 Å². The van der Waals surface area contributed by atoms with E-state index in [0.717, 1.165) is 6.54 Å². The molecule has 1 aromatic heterocycles. The van der Waals surface area contributed by atoms with Gasteiger partial charge in [-0.05, 0) is 69.0 Å². The summed E-state index contributed by atoms with van der Waals surface area (Å²) in [5, 5.41) is 6.04. The maximum absolute atomic E-state index is 3.71. The van der Waals surface area contributed by atoms with Crippen LogP contribution >= 0.6 is 11.3 Å². The molecule has 1 aliphatic rings. The molecular formula is C16H25NS. The Balaban J connectivity index is 2.02. The maximum atomic E-state index is 3.71. The van der Waals surface area contributed by atoms with E-state index in [9.17, 15) is 0 Å². The SMILES string of the molecule is CCCNC(CC1=CCCCC1)c1csc(C)c1. The van der Waals surface area contributed by atoms with Crippen molar-refractivity contribution in [1.82, 2.24) is 5.32 Å². The van der Waals surface area contributed by atoms with E-state index in [1.165, 1.54) is 49.0 Å². The lowest BCUT2D eigenvalue weighted by molar-refractivity contribution is 0.512. The largest absolute Gasteiger partial charge is 0.310 e. The van der Waals surface area contributed by atoms with Crippen molar-refractivity contribution in [2.45, 2.75) is 58.4 Å². The van der Waals surface area contributed by atoms with Crippen LogP contribution in [0, 0.1) is 6.92 Å². The van der Waals surface area contributed by atoms with Gasteiger partial charge in [0.25, 0.3) is 0 Å². The highest BCUT2D eigenvalue weighted by atomic mass is 32.1. The van der Waals surface area contributed by atoms with Crippen molar-refractivity contribution >= 4 is 11.3 Å². The Bertz CT molecular complexity index is 392. The van der Waals surface area contributed by atoms with Crippen LogP contribution in [0.25, 0.3) is 0 Å². The predicted molar refractivity (Wildman–Crippen MR) is 81.3 cm³/mol. The van der Waals surface area contributed by atoms with Crippen molar-refractivity contribution in [2.24, 2.45) is 0 Å². The van der Waals surface area contributed by atoms with Gasteiger partial charge in [0.05, 0.1) is 0 Å². The molecule has 2 heteroatoms. The Hall–Kier alpha value is -0.600. The molecule has 1 atom stereocenters. The van der Waals surface area contributed by atoms with Crippen LogP contribution in [-0.2, 0) is 0 Å². The zero-order valence-electron chi connectivity index (χ0n) is 11.7. The van der Waals surface area contributed by atoms with Gasteiger partial charge in [-0.15, -0.1) is 11.3 Å². The van der Waals surface area contributed by atoms with Gasteiger partial charge in [-0.25, -0.2) is 0 Å². The highest BCUT2D eigenvalue weighted by Crippen LogP contribution is 2.29. The number of aryl methyl sites for hydroxylation is 1. The second-order valence-electron chi connectivity index (χ2n) is 5.31. The van der Waals surface area contributed by atoms with Crippen molar-refractivity contribution in [3.63, 3.8) is 0 Å². The Kier molecular flexibility index (Phi) is 5.45. The molecule has 0 aromatic carbocycles. The summed E-state index contributed by atoms with van der Waals surface area (Å²) in [5.74, 6) is 0. The third-order valence-corrected chi connectivity index (χ3v) is 4.52. The molecular weight excluding hydrogens is 238 g/mol. The minimum Gasteiger partial charge on any atom is -0.310 e. The number of hydrogen-bond acceptors (Lipinski definition) is 2. The van der Waals surface area contributed by atoms with Crippen molar-refractivity contribution in [2.75, 3.05) is 6.54 Å². The lowest BCUT2D eigenvalue weighted by atomic mass is 9.92. The monoisotopic (exact) mass is 263 g/mol. The van der Waals surface area contributed by atoms with E-state index in [1.807, 2.05) is 11.3 Å². The van der Waals surface area contributed by atoms with Gasteiger partial charge in [0.1, 0.15) is 0 Å². The highest BCUT2D eigenvalue weighted by Gasteiger charge is 2.15. The van der Waals surface area contributed by atoms with Crippen molar-refractivity contribution in [3.8, 4) is 0 Å². The van der Waals surface area contributed by atoms with Gasteiger partial charge >= 0.3 is 0 Å². The van der Waals surface area contributed by atoms with Crippen LogP contribution in [0.15, 0.2) is 23.1 Å². The number of rotatable bonds is 6. The fourth-order valence-corrected chi connectivity index (χ4v) is 3.38. The van der Waals surface area contributed by atoms with Gasteiger partial charge in [-0.1, -0.05) is 18.6 Å². The van der Waals surface area contributed by atoms with Crippen molar-refractivity contribution in [3.05, 3.63) is 33.5 Å². The molecule has 0 fully saturated rings. The molecule has 1 nitrogen and oxygen atoms in total. The summed E-state index contributed by atoms with van der Waals surface area (Å²) in [6, 6.07) is 2.88. The molecule has 0 bridgehead atoms. The number of thiophene rings is 1. The van der Waals surface area contributed by atoms with Crippen LogP contribution < -0.4 is 5.32 Å². The number of nitrogens with one attached hydrogen (secondary N) is 1. The molecule has 1 aliphatic carbocycles. The second kappa shape index (κ2) is 7.10. The van der Waals surface area contributed by atoms with Gasteiger partial charge < -0.3 is 5.32 Å². The predicted octanol–water partition coefficient (Wildman–Crippen LogP) is 4.99. The lowest BCUT2D eigenvalue weighted by Crippen LogP contribution is -2.22. The fourth-order valence-electron chi connectivity index (χ4n) is 2.63. The summed E-state index contributed by atoms with van der Waals surface area (Å²) in [4.78, 5) is 1.42. The van der Waals surface area contributed by atoms with E-state index in [1.54, 1.807) is 5.57 Å². The average Bonchev–Trinajstić information content (AvgIpc) is 2.82. The molecule has 0 saturated heterocycles. The van der Waals surface area contributed by atoms with E-state index >= 15 is 0 Å². The summed E-state index contributed by atoms with van der Waals surface area (Å²) in [5.41, 5.74) is 3.15. The normalized spacial score (nSPS) is 17.6. The Morgan fingerprint density at radius 3 is 2.89 bits per heavy atom. The fraction of sp³-hybridized carbons (Fsp3) is 0.625. The molecule has 18 heavy (non-hydrogen) atoms. The van der Waals surface area contributed by atoms with Crippen molar-refractivity contribution < 1.29 is 0 Å². The molecule has 1 aromatic rings. The third kappa shape index (κ3) is 3.96. The van der Waals surface area contributed by atoms with Gasteiger partial charge in [0.2, 0.25) is 0 Å². The lowest BCUT2D eigenvalue weighted by Gasteiger charge is -2.21. The zero-order chi connectivity index (χ0) is 12.8. The molecule has 100 valence electrons. The molecule has 2 rings (SSSR count). The van der Waals surface area contributed by atoms with Crippen LogP contribution in [0.2, 0.25) is 0 Å². The first kappa shape index (κ1) is 13.8. The van der Waals surface area contributed by atoms with Gasteiger partial charge in [-0.2, -0.15) is 0 Å². The maximum Gasteiger partial charge on any atom is 0.0365 e. The third-order valence-electron chi connectivity index (χ3n) is 3.65. The van der Waals surface area contributed by atoms with Gasteiger partial charge in [0.15, 0.2) is 0 Å². The molecule has 0 amide bonds. The first-order valence-electron chi connectivity index (χ1n) is 7.26. The molecule has 1 heterocycles. The summed E-state index contributed by atoms with van der Waals surface area (Å²) < 4.78 is 0. The molecule has 1 N–H and O–H groups in total. The van der Waals surface area contributed by atoms with Crippen LogP contribution in [0.5, 0.6) is 0 Å². The molecule has 0 radical (unpaired) electrons. The molecule has 0 spiro atoms. The average molecular weight is 263 g/mol. The Morgan fingerprint density at radius 1 is 1.39 bits per heavy atom. The van der Waals surface area contributed by atoms with E-state index in [2.05, 4.69) is 36.7 Å². The molecule has 0 aliphatic heterocycles. The molecule has 0 saturated carbocycles. The van der Waals surface area contributed by atoms with E-state index in [-0.39, 0.29) is 0 Å². The van der Waals surface area contributed by atoms with Gasteiger partial charge in [0, 0.05) is 10.9 Å². The number of allylic oxidation sites excluding steroid dienone is 1. The molecule has 1 unspecified atom stereocenters. The first-order valence-corrected chi connectivity index (χ1v) is 8.14. The minimum atomic E-state index is 0.527. The Labute approximate surface area is 115 Å². The summed E-state index contributed by atoms with van der Waals surface area (Å²) >= 11 is 1.87. The standard InChI is InChI=1S/C16H25NS/c1-3-9-17-16(15-10-13(2)18-12-15)11-14-7-5-4-6-8-14/h7,10,12,16-17H,3-6,8-9,11H2,1-2H3. The van der Waals surface area contributed by atoms with Crippen LogP contribution in [-0.4, -0.2) is 6.54 Å². The van der Waals surface area contributed by atoms with E-state index < -0.39 is 0 Å². The smallest absolute Gasteiger partial charge is 0.0365 e. The van der Waals surface area contributed by atoms with Gasteiger partial charge in [-0.3, -0.25) is 0 Å². The first-order chi connectivity index (χ1) is 8.79. The Morgan fingerprint density at radius 2 is 2.28 bits per heavy atom. The second-order valence-corrected chi connectivity index (χ2v) is 6.43. The summed E-state index contributed by atoms with van der Waals surface area (Å²) in [7, 11) is 0. The summed E-state index contributed by atoms with van der Waals surface area (Å²) in [6.45, 7) is 5.56. The zero-order valence-corrected chi connectivity index (χ0v) is 12.5. The van der Waals surface area contributed by atoms with Crippen molar-refractivity contribution in [1.29, 1.82) is 0 Å². The van der Waals surface area contributed by atoms with Crippen LogP contribution in [0.3, 0.4) is 0 Å². The van der Waals surface area contributed by atoms with Crippen LogP contribution in [0.1, 0.15) is 61.9 Å². The quantitative estimate of drug-likeness (QED) is 0.713.